The molecule has 1 aromatic heterocycles. The van der Waals surface area contributed by atoms with Crippen molar-refractivity contribution in [1.82, 2.24) is 4.98 Å². The standard InChI is InChI=1S/C35H23N/c1-2-11-24(12-3-1)26-16-6-7-17-28(26)35-31-19-9-8-18-30(31)34(32-21-22-36-23-33(32)35)29-20-10-14-25-13-4-5-15-27(25)29/h1-23H. The quantitative estimate of drug-likeness (QED) is 0.241. The zero-order valence-corrected chi connectivity index (χ0v) is 19.7. The van der Waals surface area contributed by atoms with Gasteiger partial charge in [0, 0.05) is 17.8 Å². The molecule has 0 aliphatic carbocycles. The van der Waals surface area contributed by atoms with Gasteiger partial charge < -0.3 is 0 Å². The summed E-state index contributed by atoms with van der Waals surface area (Å²) in [7, 11) is 0. The van der Waals surface area contributed by atoms with Gasteiger partial charge in [-0.2, -0.15) is 0 Å². The SMILES string of the molecule is c1ccc(-c2ccccc2-c2c3ccccc3c(-c3cccc4ccccc34)c3ccncc23)cc1. The number of hydrogen-bond acceptors (Lipinski definition) is 1. The third-order valence-corrected chi connectivity index (χ3v) is 7.17. The van der Waals surface area contributed by atoms with Gasteiger partial charge in [0.1, 0.15) is 0 Å². The maximum atomic E-state index is 4.61. The van der Waals surface area contributed by atoms with Gasteiger partial charge in [0.25, 0.3) is 0 Å². The number of benzene rings is 6. The first-order chi connectivity index (χ1) is 17.9. The van der Waals surface area contributed by atoms with Gasteiger partial charge in [-0.3, -0.25) is 4.98 Å². The number of fused-ring (bicyclic) bond motifs is 3. The monoisotopic (exact) mass is 457 g/mol. The molecule has 0 aliphatic heterocycles. The smallest absolute Gasteiger partial charge is 0.0353 e. The van der Waals surface area contributed by atoms with Crippen molar-refractivity contribution in [1.29, 1.82) is 0 Å². The van der Waals surface area contributed by atoms with Crippen molar-refractivity contribution >= 4 is 32.3 Å². The van der Waals surface area contributed by atoms with Crippen LogP contribution < -0.4 is 0 Å². The summed E-state index contributed by atoms with van der Waals surface area (Å²) in [6.45, 7) is 0. The minimum Gasteiger partial charge on any atom is -0.264 e. The van der Waals surface area contributed by atoms with Crippen LogP contribution in [-0.2, 0) is 0 Å². The molecule has 0 amide bonds. The van der Waals surface area contributed by atoms with Crippen molar-refractivity contribution in [3.63, 3.8) is 0 Å². The van der Waals surface area contributed by atoms with Crippen LogP contribution in [0.4, 0.5) is 0 Å². The van der Waals surface area contributed by atoms with E-state index >= 15 is 0 Å². The van der Waals surface area contributed by atoms with Gasteiger partial charge in [-0.1, -0.05) is 121 Å². The number of nitrogens with zero attached hydrogens (tertiary/aromatic N) is 1. The van der Waals surface area contributed by atoms with Crippen LogP contribution in [0.5, 0.6) is 0 Å². The van der Waals surface area contributed by atoms with Crippen LogP contribution in [0.25, 0.3) is 65.7 Å². The Morgan fingerprint density at radius 2 is 0.917 bits per heavy atom. The second kappa shape index (κ2) is 8.48. The van der Waals surface area contributed by atoms with Gasteiger partial charge in [0.15, 0.2) is 0 Å². The molecule has 168 valence electrons. The number of rotatable bonds is 3. The summed E-state index contributed by atoms with van der Waals surface area (Å²) in [6.07, 6.45) is 3.95. The summed E-state index contributed by atoms with van der Waals surface area (Å²) in [5, 5.41) is 7.40. The van der Waals surface area contributed by atoms with Crippen molar-refractivity contribution in [3.8, 4) is 33.4 Å². The third kappa shape index (κ3) is 3.21. The Morgan fingerprint density at radius 1 is 0.361 bits per heavy atom. The van der Waals surface area contributed by atoms with Crippen molar-refractivity contribution in [2.24, 2.45) is 0 Å². The van der Waals surface area contributed by atoms with Crippen LogP contribution >= 0.6 is 0 Å². The van der Waals surface area contributed by atoms with E-state index in [1.807, 2.05) is 12.4 Å². The molecular weight excluding hydrogens is 434 g/mol. The first-order valence-corrected chi connectivity index (χ1v) is 12.3. The van der Waals surface area contributed by atoms with Gasteiger partial charge in [0.2, 0.25) is 0 Å². The van der Waals surface area contributed by atoms with Crippen molar-refractivity contribution in [3.05, 3.63) is 140 Å². The lowest BCUT2D eigenvalue weighted by Gasteiger charge is -2.20. The molecule has 1 nitrogen and oxygen atoms in total. The number of pyridine rings is 1. The van der Waals surface area contributed by atoms with Crippen LogP contribution in [0.15, 0.2) is 140 Å². The molecule has 0 saturated carbocycles. The average Bonchev–Trinajstić information content (AvgIpc) is 2.96. The molecule has 1 heterocycles. The molecule has 6 aromatic carbocycles. The molecule has 0 bridgehead atoms. The Morgan fingerprint density at radius 3 is 1.72 bits per heavy atom. The fourth-order valence-corrected chi connectivity index (χ4v) is 5.62. The van der Waals surface area contributed by atoms with E-state index in [-0.39, 0.29) is 0 Å². The summed E-state index contributed by atoms with van der Waals surface area (Å²) < 4.78 is 0. The topological polar surface area (TPSA) is 12.9 Å². The molecule has 1 heteroatoms. The highest BCUT2D eigenvalue weighted by Gasteiger charge is 2.19. The lowest BCUT2D eigenvalue weighted by atomic mass is 9.83. The van der Waals surface area contributed by atoms with Crippen LogP contribution in [0, 0.1) is 0 Å². The zero-order valence-electron chi connectivity index (χ0n) is 19.7. The lowest BCUT2D eigenvalue weighted by Crippen LogP contribution is -1.93. The molecular formula is C35H23N. The first kappa shape index (κ1) is 20.6. The molecule has 0 aliphatic rings. The van der Waals surface area contributed by atoms with Crippen molar-refractivity contribution in [2.75, 3.05) is 0 Å². The largest absolute Gasteiger partial charge is 0.264 e. The van der Waals surface area contributed by atoms with Crippen LogP contribution in [0.3, 0.4) is 0 Å². The van der Waals surface area contributed by atoms with E-state index in [0.717, 1.165) is 0 Å². The van der Waals surface area contributed by atoms with E-state index in [9.17, 15) is 0 Å². The summed E-state index contributed by atoms with van der Waals surface area (Å²) in [4.78, 5) is 4.61. The predicted molar refractivity (Wildman–Crippen MR) is 153 cm³/mol. The molecule has 7 aromatic rings. The summed E-state index contributed by atoms with van der Waals surface area (Å²) in [5.41, 5.74) is 7.42. The van der Waals surface area contributed by atoms with Crippen LogP contribution in [0.1, 0.15) is 0 Å². The van der Waals surface area contributed by atoms with Gasteiger partial charge >= 0.3 is 0 Å². The Kier molecular flexibility index (Phi) is 4.85. The summed E-state index contributed by atoms with van der Waals surface area (Å²) in [6, 6.07) is 45.6. The predicted octanol–water partition coefficient (Wildman–Crippen LogP) is 9.54. The molecule has 0 N–H and O–H groups in total. The van der Waals surface area contributed by atoms with E-state index < -0.39 is 0 Å². The molecule has 0 fully saturated rings. The Hall–Kier alpha value is -4.75. The highest BCUT2D eigenvalue weighted by molar-refractivity contribution is 6.24. The fourth-order valence-electron chi connectivity index (χ4n) is 5.62. The van der Waals surface area contributed by atoms with E-state index in [0.29, 0.717) is 0 Å². The fraction of sp³-hybridized carbons (Fsp3) is 0. The van der Waals surface area contributed by atoms with Crippen molar-refractivity contribution in [2.45, 2.75) is 0 Å². The molecule has 36 heavy (non-hydrogen) atoms. The molecule has 0 radical (unpaired) electrons. The lowest BCUT2D eigenvalue weighted by molar-refractivity contribution is 1.37. The minimum atomic E-state index is 1.17. The van der Waals surface area contributed by atoms with Gasteiger partial charge in [-0.15, -0.1) is 0 Å². The molecule has 0 atom stereocenters. The van der Waals surface area contributed by atoms with Gasteiger partial charge in [-0.05, 0) is 66.4 Å². The highest BCUT2D eigenvalue weighted by Crippen LogP contribution is 2.46. The molecule has 0 unspecified atom stereocenters. The Balaban J connectivity index is 1.65. The summed E-state index contributed by atoms with van der Waals surface area (Å²) in [5.74, 6) is 0. The third-order valence-electron chi connectivity index (χ3n) is 7.17. The molecule has 0 saturated heterocycles. The molecule has 7 rings (SSSR count). The average molecular weight is 458 g/mol. The van der Waals surface area contributed by atoms with Crippen LogP contribution in [-0.4, -0.2) is 4.98 Å². The number of hydrogen-bond donors (Lipinski definition) is 0. The first-order valence-electron chi connectivity index (χ1n) is 12.3. The summed E-state index contributed by atoms with van der Waals surface area (Å²) >= 11 is 0. The Labute approximate surface area is 210 Å². The van der Waals surface area contributed by atoms with E-state index in [1.54, 1.807) is 0 Å². The second-order valence-corrected chi connectivity index (χ2v) is 9.16. The van der Waals surface area contributed by atoms with E-state index in [4.69, 9.17) is 0 Å². The normalized spacial score (nSPS) is 11.3. The van der Waals surface area contributed by atoms with E-state index in [1.165, 1.54) is 65.7 Å². The van der Waals surface area contributed by atoms with E-state index in [2.05, 4.69) is 132 Å². The Bertz CT molecular complexity index is 1820. The van der Waals surface area contributed by atoms with Crippen molar-refractivity contribution < 1.29 is 0 Å². The second-order valence-electron chi connectivity index (χ2n) is 9.16. The highest BCUT2D eigenvalue weighted by atomic mass is 14.6. The zero-order chi connectivity index (χ0) is 23.9. The van der Waals surface area contributed by atoms with Gasteiger partial charge in [0.05, 0.1) is 0 Å². The maximum absolute atomic E-state index is 4.61. The van der Waals surface area contributed by atoms with Gasteiger partial charge in [-0.25, -0.2) is 0 Å². The van der Waals surface area contributed by atoms with Crippen LogP contribution in [0.2, 0.25) is 0 Å². The minimum absolute atomic E-state index is 1.17. The molecule has 0 spiro atoms. The number of aromatic nitrogens is 1. The maximum Gasteiger partial charge on any atom is 0.0353 e.